The monoisotopic (exact) mass is 377 g/mol. The van der Waals surface area contributed by atoms with E-state index in [4.69, 9.17) is 4.74 Å². The zero-order valence-electron chi connectivity index (χ0n) is 12.8. The Hall–Kier alpha value is -1.98. The highest BCUT2D eigenvalue weighted by molar-refractivity contribution is 9.10. The van der Waals surface area contributed by atoms with Crippen molar-refractivity contribution in [1.29, 1.82) is 0 Å². The number of hydrogen-bond donors (Lipinski definition) is 3. The second kappa shape index (κ2) is 8.60. The molecule has 0 aromatic heterocycles. The van der Waals surface area contributed by atoms with Crippen molar-refractivity contribution in [3.05, 3.63) is 64.7 Å². The van der Waals surface area contributed by atoms with Crippen LogP contribution in [0.1, 0.15) is 11.1 Å². The van der Waals surface area contributed by atoms with Gasteiger partial charge in [0.05, 0.1) is 4.47 Å². The van der Waals surface area contributed by atoms with E-state index < -0.39 is 0 Å². The number of ether oxygens (including phenoxy) is 1. The molecular formula is C18H20BrNO3. The Labute approximate surface area is 144 Å². The molecule has 0 fully saturated rings. The number of phenols is 2. The van der Waals surface area contributed by atoms with Gasteiger partial charge in [-0.2, -0.15) is 0 Å². The van der Waals surface area contributed by atoms with Crippen molar-refractivity contribution < 1.29 is 14.9 Å². The summed E-state index contributed by atoms with van der Waals surface area (Å²) in [5.41, 5.74) is 2.17. The Morgan fingerprint density at radius 1 is 1.13 bits per heavy atom. The van der Waals surface area contributed by atoms with E-state index in [0.717, 1.165) is 28.6 Å². The predicted octanol–water partition coefficient (Wildman–Crippen LogP) is 3.76. The molecule has 23 heavy (non-hydrogen) atoms. The zero-order chi connectivity index (χ0) is 16.7. The molecule has 3 N–H and O–H groups in total. The summed E-state index contributed by atoms with van der Waals surface area (Å²) in [6.45, 7) is 5.40. The summed E-state index contributed by atoms with van der Waals surface area (Å²) in [4.78, 5) is 0. The van der Waals surface area contributed by atoms with Gasteiger partial charge in [-0.25, -0.2) is 0 Å². The summed E-state index contributed by atoms with van der Waals surface area (Å²) in [5.74, 6) is 0.816. The first-order valence-electron chi connectivity index (χ1n) is 7.34. The zero-order valence-corrected chi connectivity index (χ0v) is 14.3. The van der Waals surface area contributed by atoms with Crippen LogP contribution in [0.25, 0.3) is 0 Å². The third-order valence-electron chi connectivity index (χ3n) is 3.34. The molecule has 2 aromatic rings. The number of benzene rings is 2. The molecule has 0 atom stereocenters. The minimum atomic E-state index is 0.103. The minimum Gasteiger partial charge on any atom is -0.508 e. The average Bonchev–Trinajstić information content (AvgIpc) is 2.55. The van der Waals surface area contributed by atoms with Gasteiger partial charge >= 0.3 is 0 Å². The topological polar surface area (TPSA) is 61.7 Å². The number of phenolic OH excluding ortho intramolecular Hbond substituents is 2. The molecule has 0 aliphatic rings. The van der Waals surface area contributed by atoms with Crippen LogP contribution in [-0.2, 0) is 13.0 Å². The summed E-state index contributed by atoms with van der Waals surface area (Å²) < 4.78 is 6.22. The fraction of sp³-hybridized carbons (Fsp3) is 0.222. The Morgan fingerprint density at radius 3 is 2.57 bits per heavy atom. The largest absolute Gasteiger partial charge is 0.508 e. The summed E-state index contributed by atoms with van der Waals surface area (Å²) >= 11 is 3.48. The first kappa shape index (κ1) is 17.4. The van der Waals surface area contributed by atoms with Crippen molar-refractivity contribution in [3.8, 4) is 17.2 Å². The SMILES string of the molecule is C=CCOc1c(O)ccc(CNCCc2ccc(O)cc2)c1Br. The maximum absolute atomic E-state index is 9.85. The van der Waals surface area contributed by atoms with Crippen molar-refractivity contribution in [3.63, 3.8) is 0 Å². The lowest BCUT2D eigenvalue weighted by molar-refractivity contribution is 0.333. The smallest absolute Gasteiger partial charge is 0.175 e. The second-order valence-corrected chi connectivity index (χ2v) is 5.87. The molecule has 0 radical (unpaired) electrons. The van der Waals surface area contributed by atoms with Gasteiger partial charge < -0.3 is 20.3 Å². The van der Waals surface area contributed by atoms with Crippen LogP contribution in [0.4, 0.5) is 0 Å². The Kier molecular flexibility index (Phi) is 6.50. The second-order valence-electron chi connectivity index (χ2n) is 5.08. The molecule has 0 saturated heterocycles. The predicted molar refractivity (Wildman–Crippen MR) is 95.0 cm³/mol. The van der Waals surface area contributed by atoms with E-state index in [1.165, 1.54) is 0 Å². The highest BCUT2D eigenvalue weighted by Crippen LogP contribution is 2.37. The van der Waals surface area contributed by atoms with Gasteiger partial charge in [0.2, 0.25) is 0 Å². The summed E-state index contributed by atoms with van der Waals surface area (Å²) in [7, 11) is 0. The van der Waals surface area contributed by atoms with Crippen molar-refractivity contribution in [2.24, 2.45) is 0 Å². The van der Waals surface area contributed by atoms with Gasteiger partial charge in [0.25, 0.3) is 0 Å². The van der Waals surface area contributed by atoms with Crippen LogP contribution in [0, 0.1) is 0 Å². The standard InChI is InChI=1S/C18H20BrNO3/c1-2-11-23-18-16(22)8-5-14(17(18)19)12-20-10-9-13-3-6-15(21)7-4-13/h2-8,20-22H,1,9-12H2. The Morgan fingerprint density at radius 2 is 1.87 bits per heavy atom. The number of aromatic hydroxyl groups is 2. The number of rotatable bonds is 8. The van der Waals surface area contributed by atoms with E-state index in [0.29, 0.717) is 18.9 Å². The van der Waals surface area contributed by atoms with Crippen LogP contribution >= 0.6 is 15.9 Å². The molecule has 0 aliphatic carbocycles. The van der Waals surface area contributed by atoms with E-state index >= 15 is 0 Å². The maximum Gasteiger partial charge on any atom is 0.175 e. The van der Waals surface area contributed by atoms with Crippen molar-refractivity contribution in [2.75, 3.05) is 13.2 Å². The summed E-state index contributed by atoms with van der Waals surface area (Å²) in [6.07, 6.45) is 2.50. The third-order valence-corrected chi connectivity index (χ3v) is 4.21. The lowest BCUT2D eigenvalue weighted by Crippen LogP contribution is -2.17. The highest BCUT2D eigenvalue weighted by atomic mass is 79.9. The van der Waals surface area contributed by atoms with Crippen LogP contribution in [0.5, 0.6) is 17.2 Å². The molecule has 0 amide bonds. The van der Waals surface area contributed by atoms with Gasteiger partial charge in [-0.05, 0) is 58.2 Å². The van der Waals surface area contributed by atoms with Gasteiger partial charge in [-0.15, -0.1) is 0 Å². The van der Waals surface area contributed by atoms with E-state index in [2.05, 4.69) is 27.8 Å². The van der Waals surface area contributed by atoms with Crippen LogP contribution < -0.4 is 10.1 Å². The van der Waals surface area contributed by atoms with E-state index in [9.17, 15) is 10.2 Å². The Bertz CT molecular complexity index is 656. The van der Waals surface area contributed by atoms with Gasteiger partial charge in [-0.1, -0.05) is 30.9 Å². The highest BCUT2D eigenvalue weighted by Gasteiger charge is 2.11. The molecular weight excluding hydrogens is 358 g/mol. The number of nitrogens with one attached hydrogen (secondary N) is 1. The fourth-order valence-electron chi connectivity index (χ4n) is 2.12. The lowest BCUT2D eigenvalue weighted by atomic mass is 10.1. The lowest BCUT2D eigenvalue weighted by Gasteiger charge is -2.13. The first-order chi connectivity index (χ1) is 11.1. The molecule has 0 spiro atoms. The molecule has 122 valence electrons. The van der Waals surface area contributed by atoms with Crippen molar-refractivity contribution in [1.82, 2.24) is 5.32 Å². The summed E-state index contributed by atoms with van der Waals surface area (Å²) in [5, 5.41) is 22.5. The Balaban J connectivity index is 1.90. The normalized spacial score (nSPS) is 10.5. The quantitative estimate of drug-likeness (QED) is 0.484. The van der Waals surface area contributed by atoms with Gasteiger partial charge in [-0.3, -0.25) is 0 Å². The first-order valence-corrected chi connectivity index (χ1v) is 8.13. The van der Waals surface area contributed by atoms with E-state index in [1.807, 2.05) is 18.2 Å². The third kappa shape index (κ3) is 5.01. The molecule has 4 nitrogen and oxygen atoms in total. The fourth-order valence-corrected chi connectivity index (χ4v) is 2.71. The molecule has 0 heterocycles. The molecule has 0 bridgehead atoms. The molecule has 0 saturated carbocycles. The molecule has 0 unspecified atom stereocenters. The molecule has 5 heteroatoms. The van der Waals surface area contributed by atoms with Gasteiger partial charge in [0.1, 0.15) is 12.4 Å². The van der Waals surface area contributed by atoms with Gasteiger partial charge in [0, 0.05) is 6.54 Å². The summed E-state index contributed by atoms with van der Waals surface area (Å²) in [6, 6.07) is 10.7. The van der Waals surface area contributed by atoms with Crippen LogP contribution in [0.2, 0.25) is 0 Å². The van der Waals surface area contributed by atoms with Crippen LogP contribution in [0.15, 0.2) is 53.5 Å². The van der Waals surface area contributed by atoms with E-state index in [-0.39, 0.29) is 11.5 Å². The average molecular weight is 378 g/mol. The van der Waals surface area contributed by atoms with E-state index in [1.54, 1.807) is 24.3 Å². The number of hydrogen-bond acceptors (Lipinski definition) is 4. The van der Waals surface area contributed by atoms with Crippen molar-refractivity contribution in [2.45, 2.75) is 13.0 Å². The number of halogens is 1. The minimum absolute atomic E-state index is 0.103. The van der Waals surface area contributed by atoms with Gasteiger partial charge in [0.15, 0.2) is 11.5 Å². The maximum atomic E-state index is 9.85. The molecule has 0 aliphatic heterocycles. The molecule has 2 aromatic carbocycles. The van der Waals surface area contributed by atoms with Crippen LogP contribution in [-0.4, -0.2) is 23.4 Å². The van der Waals surface area contributed by atoms with Crippen LogP contribution in [0.3, 0.4) is 0 Å². The molecule has 2 rings (SSSR count). The van der Waals surface area contributed by atoms with Crippen molar-refractivity contribution >= 4 is 15.9 Å².